The summed E-state index contributed by atoms with van der Waals surface area (Å²) in [4.78, 5) is 26.3. The zero-order valence-corrected chi connectivity index (χ0v) is 14.5. The van der Waals surface area contributed by atoms with Crippen LogP contribution in [0.15, 0.2) is 27.6 Å². The molecule has 1 aliphatic heterocycles. The second-order valence-corrected chi connectivity index (χ2v) is 7.06. The van der Waals surface area contributed by atoms with E-state index in [9.17, 15) is 9.59 Å². The Labute approximate surface area is 150 Å². The molecule has 8 nitrogen and oxygen atoms in total. The monoisotopic (exact) mass is 358 g/mol. The molecular weight excluding hydrogens is 336 g/mol. The minimum atomic E-state index is -0.153. The lowest BCUT2D eigenvalue weighted by atomic mass is 9.93. The normalized spacial score (nSPS) is 18.1. The van der Waals surface area contributed by atoms with Gasteiger partial charge in [0, 0.05) is 31.3 Å². The summed E-state index contributed by atoms with van der Waals surface area (Å²) in [5.74, 6) is 0.703. The molecule has 0 bridgehead atoms. The average Bonchev–Trinajstić information content (AvgIpc) is 3.16. The van der Waals surface area contributed by atoms with Crippen LogP contribution in [-0.2, 0) is 0 Å². The van der Waals surface area contributed by atoms with Gasteiger partial charge in [-0.3, -0.25) is 9.59 Å². The highest BCUT2D eigenvalue weighted by Gasteiger charge is 2.31. The SMILES string of the molecule is O=C(NCCC1CCN(C(=O)c2ccon2)CC1)c1nocc1C1CC1. The van der Waals surface area contributed by atoms with Crippen molar-refractivity contribution in [2.45, 2.75) is 38.0 Å². The molecule has 4 rings (SSSR count). The fourth-order valence-corrected chi connectivity index (χ4v) is 3.48. The highest BCUT2D eigenvalue weighted by atomic mass is 16.5. The third kappa shape index (κ3) is 3.63. The third-order valence-corrected chi connectivity index (χ3v) is 5.23. The molecule has 3 heterocycles. The van der Waals surface area contributed by atoms with Gasteiger partial charge in [-0.05, 0) is 43.9 Å². The number of aromatic nitrogens is 2. The number of piperidine rings is 1. The molecule has 2 aromatic heterocycles. The summed E-state index contributed by atoms with van der Waals surface area (Å²) in [6.07, 6.45) is 7.96. The first kappa shape index (κ1) is 16.8. The zero-order valence-electron chi connectivity index (χ0n) is 14.5. The Kier molecular flexibility index (Phi) is 4.73. The Balaban J connectivity index is 1.20. The van der Waals surface area contributed by atoms with Crippen LogP contribution < -0.4 is 5.32 Å². The summed E-state index contributed by atoms with van der Waals surface area (Å²) in [7, 11) is 0. The standard InChI is InChI=1S/C18H22N4O4/c23-17(16-14(11-26-21-16)13-1-2-13)19-7-3-12-4-8-22(9-5-12)18(24)15-6-10-25-20-15/h6,10-13H,1-5,7-9H2,(H,19,23). The van der Waals surface area contributed by atoms with Crippen molar-refractivity contribution >= 4 is 11.8 Å². The second-order valence-electron chi connectivity index (χ2n) is 7.06. The first-order chi connectivity index (χ1) is 12.7. The summed E-state index contributed by atoms with van der Waals surface area (Å²) in [5.41, 5.74) is 1.72. The van der Waals surface area contributed by atoms with E-state index in [0.29, 0.717) is 42.9 Å². The predicted molar refractivity (Wildman–Crippen MR) is 90.6 cm³/mol. The van der Waals surface area contributed by atoms with E-state index < -0.39 is 0 Å². The third-order valence-electron chi connectivity index (χ3n) is 5.23. The van der Waals surface area contributed by atoms with Gasteiger partial charge in [0.15, 0.2) is 11.4 Å². The molecule has 2 amide bonds. The summed E-state index contributed by atoms with van der Waals surface area (Å²) in [6, 6.07) is 1.59. The maximum Gasteiger partial charge on any atom is 0.276 e. The summed E-state index contributed by atoms with van der Waals surface area (Å²) < 4.78 is 9.70. The second kappa shape index (κ2) is 7.31. The van der Waals surface area contributed by atoms with Crippen molar-refractivity contribution in [2.24, 2.45) is 5.92 Å². The van der Waals surface area contributed by atoms with Gasteiger partial charge in [-0.1, -0.05) is 10.3 Å². The fourth-order valence-electron chi connectivity index (χ4n) is 3.48. The van der Waals surface area contributed by atoms with Gasteiger partial charge in [-0.25, -0.2) is 0 Å². The Morgan fingerprint density at radius 3 is 2.65 bits per heavy atom. The van der Waals surface area contributed by atoms with Crippen LogP contribution in [-0.4, -0.2) is 46.7 Å². The van der Waals surface area contributed by atoms with E-state index in [1.165, 1.54) is 6.26 Å². The number of carbonyl (C=O) groups excluding carboxylic acids is 2. The number of hydrogen-bond acceptors (Lipinski definition) is 6. The van der Waals surface area contributed by atoms with Gasteiger partial charge in [-0.15, -0.1) is 0 Å². The quantitative estimate of drug-likeness (QED) is 0.849. The van der Waals surface area contributed by atoms with Crippen molar-refractivity contribution in [2.75, 3.05) is 19.6 Å². The summed E-state index contributed by atoms with van der Waals surface area (Å²) in [5, 5.41) is 10.5. The molecule has 2 fully saturated rings. The number of nitrogens with zero attached hydrogens (tertiary/aromatic N) is 3. The van der Waals surface area contributed by atoms with Gasteiger partial charge in [0.05, 0.1) is 0 Å². The smallest absolute Gasteiger partial charge is 0.276 e. The van der Waals surface area contributed by atoms with Crippen molar-refractivity contribution < 1.29 is 18.6 Å². The van der Waals surface area contributed by atoms with Gasteiger partial charge < -0.3 is 19.3 Å². The van der Waals surface area contributed by atoms with Gasteiger partial charge >= 0.3 is 0 Å². The molecule has 1 aliphatic carbocycles. The van der Waals surface area contributed by atoms with Crippen LogP contribution in [0.2, 0.25) is 0 Å². The topological polar surface area (TPSA) is 101 Å². The molecule has 1 saturated heterocycles. The highest BCUT2D eigenvalue weighted by molar-refractivity contribution is 5.93. The van der Waals surface area contributed by atoms with Gasteiger partial charge in [0.1, 0.15) is 12.5 Å². The number of hydrogen-bond donors (Lipinski definition) is 1. The summed E-state index contributed by atoms with van der Waals surface area (Å²) >= 11 is 0. The number of amides is 2. The largest absolute Gasteiger partial charge is 0.364 e. The molecule has 138 valence electrons. The Hall–Kier alpha value is -2.64. The molecule has 8 heteroatoms. The molecule has 0 spiro atoms. The maximum absolute atomic E-state index is 12.3. The van der Waals surface area contributed by atoms with Crippen molar-refractivity contribution in [3.63, 3.8) is 0 Å². The van der Waals surface area contributed by atoms with Crippen LogP contribution >= 0.6 is 0 Å². The lowest BCUT2D eigenvalue weighted by Crippen LogP contribution is -2.39. The fraction of sp³-hybridized carbons (Fsp3) is 0.556. The minimum absolute atomic E-state index is 0.0795. The molecule has 2 aromatic rings. The number of carbonyl (C=O) groups is 2. The number of likely N-dealkylation sites (tertiary alicyclic amines) is 1. The molecule has 1 N–H and O–H groups in total. The van der Waals surface area contributed by atoms with Crippen LogP contribution in [0.3, 0.4) is 0 Å². The van der Waals surface area contributed by atoms with Gasteiger partial charge in [0.25, 0.3) is 11.8 Å². The lowest BCUT2D eigenvalue weighted by Gasteiger charge is -2.31. The first-order valence-corrected chi connectivity index (χ1v) is 9.14. The van der Waals surface area contributed by atoms with Crippen molar-refractivity contribution in [1.82, 2.24) is 20.5 Å². The predicted octanol–water partition coefficient (Wildman–Crippen LogP) is 2.21. The Bertz CT molecular complexity index is 758. The van der Waals surface area contributed by atoms with E-state index in [-0.39, 0.29) is 11.8 Å². The lowest BCUT2D eigenvalue weighted by molar-refractivity contribution is 0.0676. The van der Waals surface area contributed by atoms with E-state index in [1.807, 2.05) is 4.90 Å². The molecule has 0 aromatic carbocycles. The van der Waals surface area contributed by atoms with E-state index in [4.69, 9.17) is 9.05 Å². The number of nitrogens with one attached hydrogen (secondary N) is 1. The molecule has 0 radical (unpaired) electrons. The number of rotatable bonds is 6. The average molecular weight is 358 g/mol. The highest BCUT2D eigenvalue weighted by Crippen LogP contribution is 2.41. The molecular formula is C18H22N4O4. The first-order valence-electron chi connectivity index (χ1n) is 9.14. The Morgan fingerprint density at radius 1 is 1.15 bits per heavy atom. The van der Waals surface area contributed by atoms with E-state index in [1.54, 1.807) is 12.3 Å². The van der Waals surface area contributed by atoms with Gasteiger partial charge in [-0.2, -0.15) is 0 Å². The van der Waals surface area contributed by atoms with Crippen LogP contribution in [0.1, 0.15) is 64.6 Å². The molecule has 26 heavy (non-hydrogen) atoms. The molecule has 2 aliphatic rings. The molecule has 0 unspecified atom stereocenters. The van der Waals surface area contributed by atoms with Crippen LogP contribution in [0, 0.1) is 5.92 Å². The van der Waals surface area contributed by atoms with Crippen LogP contribution in [0.4, 0.5) is 0 Å². The van der Waals surface area contributed by atoms with Crippen molar-refractivity contribution in [3.05, 3.63) is 35.5 Å². The van der Waals surface area contributed by atoms with E-state index in [2.05, 4.69) is 15.6 Å². The summed E-state index contributed by atoms with van der Waals surface area (Å²) in [6.45, 7) is 2.02. The Morgan fingerprint density at radius 2 is 1.96 bits per heavy atom. The van der Waals surface area contributed by atoms with Crippen molar-refractivity contribution in [3.8, 4) is 0 Å². The minimum Gasteiger partial charge on any atom is -0.364 e. The zero-order chi connectivity index (χ0) is 17.9. The molecule has 0 atom stereocenters. The van der Waals surface area contributed by atoms with Crippen molar-refractivity contribution in [1.29, 1.82) is 0 Å². The maximum atomic E-state index is 12.3. The van der Waals surface area contributed by atoms with Crippen LogP contribution in [0.5, 0.6) is 0 Å². The van der Waals surface area contributed by atoms with Gasteiger partial charge in [0.2, 0.25) is 0 Å². The van der Waals surface area contributed by atoms with E-state index >= 15 is 0 Å². The van der Waals surface area contributed by atoms with Crippen LogP contribution in [0.25, 0.3) is 0 Å². The molecule has 1 saturated carbocycles. The van der Waals surface area contributed by atoms with E-state index in [0.717, 1.165) is 37.7 Å².